The van der Waals surface area contributed by atoms with E-state index in [4.69, 9.17) is 4.74 Å². The molecule has 21 heavy (non-hydrogen) atoms. The van der Waals surface area contributed by atoms with Gasteiger partial charge in [0.05, 0.1) is 5.25 Å². The minimum atomic E-state index is -3.25. The lowest BCUT2D eigenvalue weighted by atomic mass is 10.0. The third-order valence-corrected chi connectivity index (χ3v) is 6.08. The van der Waals surface area contributed by atoms with Gasteiger partial charge in [-0.25, -0.2) is 13.1 Å². The fourth-order valence-corrected chi connectivity index (χ4v) is 4.46. The van der Waals surface area contributed by atoms with Crippen LogP contribution in [0.25, 0.3) is 0 Å². The molecule has 5 heteroatoms. The molecule has 0 unspecified atom stereocenters. The molecule has 1 aromatic rings. The minimum Gasteiger partial charge on any atom is -0.381 e. The molecule has 1 saturated heterocycles. The summed E-state index contributed by atoms with van der Waals surface area (Å²) in [4.78, 5) is 0. The zero-order valence-corrected chi connectivity index (χ0v) is 13.9. The molecule has 1 atom stereocenters. The summed E-state index contributed by atoms with van der Waals surface area (Å²) in [5, 5.41) is -0.312. The highest BCUT2D eigenvalue weighted by Gasteiger charge is 2.28. The summed E-state index contributed by atoms with van der Waals surface area (Å²) in [7, 11) is -3.25. The summed E-state index contributed by atoms with van der Waals surface area (Å²) in [5.41, 5.74) is 3.64. The molecule has 0 amide bonds. The van der Waals surface area contributed by atoms with Crippen LogP contribution >= 0.6 is 0 Å². The fourth-order valence-electron chi connectivity index (χ4n) is 2.81. The molecular formula is C16H25NO3S. The van der Waals surface area contributed by atoms with Gasteiger partial charge in [-0.1, -0.05) is 23.8 Å². The maximum atomic E-state index is 12.4. The van der Waals surface area contributed by atoms with Crippen LogP contribution in [0.3, 0.4) is 0 Å². The number of nitrogens with one attached hydrogen (secondary N) is 1. The summed E-state index contributed by atoms with van der Waals surface area (Å²) in [6.45, 7) is 7.14. The summed E-state index contributed by atoms with van der Waals surface area (Å²) in [6.07, 6.45) is 1.89. The second-order valence-electron chi connectivity index (χ2n) is 6.01. The second-order valence-corrected chi connectivity index (χ2v) is 8.00. The van der Waals surface area contributed by atoms with Gasteiger partial charge >= 0.3 is 0 Å². The first-order valence-corrected chi connectivity index (χ1v) is 9.08. The Hall–Kier alpha value is -0.910. The normalized spacial score (nSPS) is 18.6. The van der Waals surface area contributed by atoms with Gasteiger partial charge in [0.25, 0.3) is 0 Å². The van der Waals surface area contributed by atoms with Crippen LogP contribution in [0.1, 0.15) is 36.5 Å². The Balaban J connectivity index is 1.98. The van der Waals surface area contributed by atoms with Crippen LogP contribution in [0.15, 0.2) is 18.2 Å². The fraction of sp³-hybridized carbons (Fsp3) is 0.625. The summed E-state index contributed by atoms with van der Waals surface area (Å²) in [5.74, 6) is 0. The van der Waals surface area contributed by atoms with Gasteiger partial charge in [-0.2, -0.15) is 0 Å². The molecule has 0 saturated carbocycles. The number of sulfonamides is 1. The Morgan fingerprint density at radius 2 is 1.95 bits per heavy atom. The van der Waals surface area contributed by atoms with E-state index in [1.54, 1.807) is 0 Å². The monoisotopic (exact) mass is 311 g/mol. The van der Waals surface area contributed by atoms with Crippen LogP contribution in [-0.2, 0) is 21.2 Å². The molecule has 1 N–H and O–H groups in total. The Bertz CT molecular complexity index is 577. The van der Waals surface area contributed by atoms with Crippen molar-refractivity contribution in [2.24, 2.45) is 0 Å². The zero-order chi connectivity index (χ0) is 15.5. The second kappa shape index (κ2) is 6.90. The van der Waals surface area contributed by atoms with Crippen molar-refractivity contribution in [2.75, 3.05) is 13.2 Å². The molecule has 1 fully saturated rings. The van der Waals surface area contributed by atoms with Crippen molar-refractivity contribution >= 4 is 10.0 Å². The lowest BCUT2D eigenvalue weighted by Gasteiger charge is -2.24. The largest absolute Gasteiger partial charge is 0.381 e. The molecule has 0 bridgehead atoms. The van der Waals surface area contributed by atoms with Crippen LogP contribution in [0, 0.1) is 13.8 Å². The highest BCUT2D eigenvalue weighted by molar-refractivity contribution is 7.90. The van der Waals surface area contributed by atoms with Crippen molar-refractivity contribution in [1.82, 2.24) is 4.72 Å². The molecule has 1 aliphatic rings. The Kier molecular flexibility index (Phi) is 5.41. The predicted octanol–water partition coefficient (Wildman–Crippen LogP) is 2.33. The van der Waals surface area contributed by atoms with Gasteiger partial charge in [0, 0.05) is 19.3 Å². The van der Waals surface area contributed by atoms with Crippen molar-refractivity contribution in [2.45, 2.75) is 51.3 Å². The van der Waals surface area contributed by atoms with Crippen LogP contribution in [0.4, 0.5) is 0 Å². The van der Waals surface area contributed by atoms with Gasteiger partial charge in [-0.15, -0.1) is 0 Å². The first kappa shape index (κ1) is 16.5. The third-order valence-electron chi connectivity index (χ3n) is 4.00. The van der Waals surface area contributed by atoms with E-state index in [9.17, 15) is 8.42 Å². The summed E-state index contributed by atoms with van der Waals surface area (Å²) < 4.78 is 32.8. The molecule has 4 nitrogen and oxygen atoms in total. The molecule has 0 aromatic heterocycles. The zero-order valence-electron chi connectivity index (χ0n) is 13.1. The van der Waals surface area contributed by atoms with E-state index >= 15 is 0 Å². The van der Waals surface area contributed by atoms with Gasteiger partial charge in [0.1, 0.15) is 0 Å². The molecule has 118 valence electrons. The van der Waals surface area contributed by atoms with Crippen LogP contribution < -0.4 is 4.72 Å². The first-order chi connectivity index (χ1) is 9.88. The van der Waals surface area contributed by atoms with E-state index in [0.717, 1.165) is 0 Å². The van der Waals surface area contributed by atoms with Crippen LogP contribution in [0.5, 0.6) is 0 Å². The number of aryl methyl sites for hydroxylation is 2. The molecule has 0 radical (unpaired) electrons. The number of benzene rings is 1. The van der Waals surface area contributed by atoms with Crippen LogP contribution in [-0.4, -0.2) is 32.9 Å². The maximum absolute atomic E-state index is 12.4. The Labute approximate surface area is 127 Å². The van der Waals surface area contributed by atoms with E-state index in [1.807, 2.05) is 6.92 Å². The standard InChI is InChI=1S/C16H25NO3S/c1-12-4-5-15(13(2)10-12)11-14(3)17-21(18,19)16-6-8-20-9-7-16/h4-5,10,14,16-17H,6-9,11H2,1-3H3/t14-/m0/s1. The van der Waals surface area contributed by atoms with Crippen molar-refractivity contribution in [3.63, 3.8) is 0 Å². The molecule has 0 aliphatic carbocycles. The molecule has 1 aromatic carbocycles. The van der Waals surface area contributed by atoms with Crippen molar-refractivity contribution in [3.05, 3.63) is 34.9 Å². The maximum Gasteiger partial charge on any atom is 0.214 e. The van der Waals surface area contributed by atoms with Gasteiger partial charge in [-0.3, -0.25) is 0 Å². The van der Waals surface area contributed by atoms with Crippen molar-refractivity contribution in [1.29, 1.82) is 0 Å². The smallest absolute Gasteiger partial charge is 0.214 e. The quantitative estimate of drug-likeness (QED) is 0.908. The highest BCUT2D eigenvalue weighted by atomic mass is 32.2. The number of hydrogen-bond donors (Lipinski definition) is 1. The van der Waals surface area contributed by atoms with Crippen molar-refractivity contribution in [3.8, 4) is 0 Å². The first-order valence-electron chi connectivity index (χ1n) is 7.53. The van der Waals surface area contributed by atoms with Crippen molar-refractivity contribution < 1.29 is 13.2 Å². The lowest BCUT2D eigenvalue weighted by molar-refractivity contribution is 0.0981. The van der Waals surface area contributed by atoms with E-state index in [1.165, 1.54) is 16.7 Å². The Morgan fingerprint density at radius 3 is 2.57 bits per heavy atom. The van der Waals surface area contributed by atoms with E-state index in [2.05, 4.69) is 36.8 Å². The average Bonchev–Trinajstić information content (AvgIpc) is 2.42. The average molecular weight is 311 g/mol. The van der Waals surface area contributed by atoms with Crippen LogP contribution in [0.2, 0.25) is 0 Å². The SMILES string of the molecule is Cc1ccc(C[C@H](C)NS(=O)(=O)C2CCOCC2)c(C)c1. The topological polar surface area (TPSA) is 55.4 Å². The minimum absolute atomic E-state index is 0.0979. The van der Waals surface area contributed by atoms with Gasteiger partial charge in [0.2, 0.25) is 10.0 Å². The number of ether oxygens (including phenoxy) is 1. The lowest BCUT2D eigenvalue weighted by Crippen LogP contribution is -2.42. The van der Waals surface area contributed by atoms with Gasteiger partial charge < -0.3 is 4.74 Å². The summed E-state index contributed by atoms with van der Waals surface area (Å²) in [6, 6.07) is 6.19. The third kappa shape index (κ3) is 4.53. The molecule has 0 spiro atoms. The molecule has 1 heterocycles. The van der Waals surface area contributed by atoms with E-state index in [-0.39, 0.29) is 11.3 Å². The van der Waals surface area contributed by atoms with Gasteiger partial charge in [-0.05, 0) is 51.2 Å². The Morgan fingerprint density at radius 1 is 1.29 bits per heavy atom. The molecule has 1 aliphatic heterocycles. The van der Waals surface area contributed by atoms with Gasteiger partial charge in [0.15, 0.2) is 0 Å². The highest BCUT2D eigenvalue weighted by Crippen LogP contribution is 2.17. The number of rotatable bonds is 5. The molecular weight excluding hydrogens is 286 g/mol. The summed E-state index contributed by atoms with van der Waals surface area (Å²) >= 11 is 0. The van der Waals surface area contributed by atoms with E-state index < -0.39 is 10.0 Å². The molecule has 2 rings (SSSR count). The van der Waals surface area contributed by atoms with E-state index in [0.29, 0.717) is 32.5 Å². The predicted molar refractivity (Wildman–Crippen MR) is 85.0 cm³/mol. The number of hydrogen-bond acceptors (Lipinski definition) is 3.